The predicted octanol–water partition coefficient (Wildman–Crippen LogP) is 4.71. The van der Waals surface area contributed by atoms with Gasteiger partial charge in [-0.25, -0.2) is 0 Å². The summed E-state index contributed by atoms with van der Waals surface area (Å²) >= 11 is 2.10. The zero-order valence-electron chi connectivity index (χ0n) is 12.5. The van der Waals surface area contributed by atoms with Gasteiger partial charge < -0.3 is 5.32 Å². The molecule has 0 amide bonds. The second kappa shape index (κ2) is 7.35. The first-order chi connectivity index (χ1) is 9.20. The van der Waals surface area contributed by atoms with E-state index < -0.39 is 0 Å². The molecular weight excluding hydrogens is 250 g/mol. The van der Waals surface area contributed by atoms with E-state index >= 15 is 0 Å². The molecule has 1 aliphatic carbocycles. The lowest BCUT2D eigenvalue weighted by molar-refractivity contribution is 0.482. The van der Waals surface area contributed by atoms with Crippen molar-refractivity contribution in [2.24, 2.45) is 0 Å². The third-order valence-corrected chi connectivity index (χ3v) is 5.61. The largest absolute Gasteiger partial charge is 0.313 e. The molecule has 0 bridgehead atoms. The molecule has 1 aliphatic rings. The summed E-state index contributed by atoms with van der Waals surface area (Å²) in [6, 6.07) is 7.55. The Labute approximate surface area is 122 Å². The van der Waals surface area contributed by atoms with Crippen LogP contribution in [0, 0.1) is 13.8 Å². The summed E-state index contributed by atoms with van der Waals surface area (Å²) in [6.45, 7) is 7.74. The van der Waals surface area contributed by atoms with Crippen molar-refractivity contribution in [1.29, 1.82) is 0 Å². The summed E-state index contributed by atoms with van der Waals surface area (Å²) in [4.78, 5) is 1.47. The molecule has 0 spiro atoms. The van der Waals surface area contributed by atoms with Crippen LogP contribution in [0.25, 0.3) is 0 Å². The van der Waals surface area contributed by atoms with Gasteiger partial charge in [0.1, 0.15) is 0 Å². The second-order valence-corrected chi connectivity index (χ2v) is 7.01. The lowest BCUT2D eigenvalue weighted by Gasteiger charge is -2.26. The number of rotatable bonds is 4. The summed E-state index contributed by atoms with van der Waals surface area (Å²) in [5, 5.41) is 4.44. The molecule has 0 radical (unpaired) electrons. The second-order valence-electron chi connectivity index (χ2n) is 5.73. The number of benzene rings is 1. The molecule has 1 saturated carbocycles. The van der Waals surface area contributed by atoms with E-state index in [1.54, 1.807) is 0 Å². The topological polar surface area (TPSA) is 12.0 Å². The maximum atomic E-state index is 3.70. The summed E-state index contributed by atoms with van der Waals surface area (Å²) in [6.07, 6.45) is 6.89. The third kappa shape index (κ3) is 4.25. The molecule has 1 aromatic rings. The van der Waals surface area contributed by atoms with E-state index in [1.807, 2.05) is 0 Å². The van der Waals surface area contributed by atoms with Gasteiger partial charge in [-0.3, -0.25) is 0 Å². The molecule has 19 heavy (non-hydrogen) atoms. The van der Waals surface area contributed by atoms with E-state index in [9.17, 15) is 0 Å². The number of thioether (sulfide) groups is 1. The van der Waals surface area contributed by atoms with Crippen molar-refractivity contribution in [1.82, 2.24) is 5.32 Å². The van der Waals surface area contributed by atoms with E-state index in [1.165, 1.54) is 48.1 Å². The quantitative estimate of drug-likeness (QED) is 0.800. The maximum absolute atomic E-state index is 3.70. The van der Waals surface area contributed by atoms with Gasteiger partial charge in [0.15, 0.2) is 0 Å². The number of aryl methyl sites for hydroxylation is 2. The van der Waals surface area contributed by atoms with Gasteiger partial charge in [0.05, 0.1) is 0 Å². The molecule has 2 heteroatoms. The fourth-order valence-corrected chi connectivity index (χ4v) is 4.40. The minimum atomic E-state index is 0.693. The first-order valence-electron chi connectivity index (χ1n) is 7.68. The van der Waals surface area contributed by atoms with Gasteiger partial charge in [-0.2, -0.15) is 0 Å². The summed E-state index contributed by atoms with van der Waals surface area (Å²) in [5.41, 5.74) is 2.80. The zero-order chi connectivity index (χ0) is 13.7. The lowest BCUT2D eigenvalue weighted by atomic mass is 10.1. The van der Waals surface area contributed by atoms with Crippen molar-refractivity contribution >= 4 is 11.8 Å². The van der Waals surface area contributed by atoms with Crippen LogP contribution in [0.15, 0.2) is 23.1 Å². The van der Waals surface area contributed by atoms with Gasteiger partial charge in [-0.05, 0) is 44.9 Å². The van der Waals surface area contributed by atoms with Crippen LogP contribution in [0.1, 0.15) is 50.2 Å². The van der Waals surface area contributed by atoms with E-state index in [0.717, 1.165) is 11.8 Å². The number of nitrogens with one attached hydrogen (secondary N) is 1. The molecule has 1 nitrogen and oxygen atoms in total. The van der Waals surface area contributed by atoms with Gasteiger partial charge in [0.2, 0.25) is 0 Å². The normalized spacial score (nSPS) is 24.2. The molecule has 106 valence electrons. The number of hydrogen-bond donors (Lipinski definition) is 1. The predicted molar refractivity (Wildman–Crippen MR) is 86.1 cm³/mol. The Bertz CT molecular complexity index is 402. The van der Waals surface area contributed by atoms with Crippen LogP contribution in [-0.2, 0) is 0 Å². The first kappa shape index (κ1) is 14.9. The molecule has 0 aromatic heterocycles. The smallest absolute Gasteiger partial charge is 0.0248 e. The third-order valence-electron chi connectivity index (χ3n) is 4.03. The van der Waals surface area contributed by atoms with Gasteiger partial charge in [-0.1, -0.05) is 43.9 Å². The molecular formula is C17H27NS. The fourth-order valence-electron chi connectivity index (χ4n) is 3.01. The van der Waals surface area contributed by atoms with Crippen molar-refractivity contribution in [3.05, 3.63) is 29.3 Å². The van der Waals surface area contributed by atoms with E-state index in [0.29, 0.717) is 6.04 Å². The molecule has 1 N–H and O–H groups in total. The van der Waals surface area contributed by atoms with Crippen LogP contribution in [0.5, 0.6) is 0 Å². The van der Waals surface area contributed by atoms with E-state index in [-0.39, 0.29) is 0 Å². The van der Waals surface area contributed by atoms with Crippen molar-refractivity contribution in [2.75, 3.05) is 6.54 Å². The molecule has 2 atom stereocenters. The summed E-state index contributed by atoms with van der Waals surface area (Å²) in [5.74, 6) is 0. The van der Waals surface area contributed by atoms with Crippen LogP contribution in [-0.4, -0.2) is 17.8 Å². The Hall–Kier alpha value is -0.470. The van der Waals surface area contributed by atoms with Crippen LogP contribution in [0.4, 0.5) is 0 Å². The van der Waals surface area contributed by atoms with Crippen molar-refractivity contribution in [3.63, 3.8) is 0 Å². The van der Waals surface area contributed by atoms with Gasteiger partial charge in [0.25, 0.3) is 0 Å². The van der Waals surface area contributed by atoms with Crippen LogP contribution in [0.2, 0.25) is 0 Å². The maximum Gasteiger partial charge on any atom is 0.0248 e. The molecule has 2 unspecified atom stereocenters. The highest BCUT2D eigenvalue weighted by molar-refractivity contribution is 8.00. The summed E-state index contributed by atoms with van der Waals surface area (Å²) < 4.78 is 0. The molecule has 0 aliphatic heterocycles. The standard InChI is InChI=1S/C17H27NS/c1-4-18-15-8-6-5-7-9-17(15)19-16-11-10-13(2)12-14(16)3/h10-12,15,17-18H,4-9H2,1-3H3. The van der Waals surface area contributed by atoms with E-state index in [2.05, 4.69) is 56.0 Å². The van der Waals surface area contributed by atoms with E-state index in [4.69, 9.17) is 0 Å². The van der Waals surface area contributed by atoms with Crippen LogP contribution >= 0.6 is 11.8 Å². The van der Waals surface area contributed by atoms with Crippen LogP contribution in [0.3, 0.4) is 0 Å². The zero-order valence-corrected chi connectivity index (χ0v) is 13.4. The van der Waals surface area contributed by atoms with Gasteiger partial charge in [-0.15, -0.1) is 11.8 Å². The minimum absolute atomic E-state index is 0.693. The Morgan fingerprint density at radius 2 is 1.95 bits per heavy atom. The SMILES string of the molecule is CCNC1CCCCCC1Sc1ccc(C)cc1C. The van der Waals surface area contributed by atoms with Crippen molar-refractivity contribution in [2.45, 2.75) is 69.1 Å². The Morgan fingerprint density at radius 3 is 2.68 bits per heavy atom. The van der Waals surface area contributed by atoms with Crippen molar-refractivity contribution < 1.29 is 0 Å². The lowest BCUT2D eigenvalue weighted by Crippen LogP contribution is -2.37. The molecule has 0 heterocycles. The molecule has 2 rings (SSSR count). The Kier molecular flexibility index (Phi) is 5.77. The molecule has 0 saturated heterocycles. The van der Waals surface area contributed by atoms with Crippen LogP contribution < -0.4 is 5.32 Å². The van der Waals surface area contributed by atoms with Gasteiger partial charge >= 0.3 is 0 Å². The monoisotopic (exact) mass is 277 g/mol. The highest BCUT2D eigenvalue weighted by Crippen LogP contribution is 2.34. The Morgan fingerprint density at radius 1 is 1.16 bits per heavy atom. The highest BCUT2D eigenvalue weighted by atomic mass is 32.2. The first-order valence-corrected chi connectivity index (χ1v) is 8.56. The highest BCUT2D eigenvalue weighted by Gasteiger charge is 2.24. The Balaban J connectivity index is 2.09. The average Bonchev–Trinajstić information content (AvgIpc) is 2.59. The average molecular weight is 277 g/mol. The molecule has 1 aromatic carbocycles. The van der Waals surface area contributed by atoms with Crippen molar-refractivity contribution in [3.8, 4) is 0 Å². The minimum Gasteiger partial charge on any atom is -0.313 e. The molecule has 1 fully saturated rings. The van der Waals surface area contributed by atoms with Gasteiger partial charge in [0, 0.05) is 16.2 Å². The summed E-state index contributed by atoms with van der Waals surface area (Å²) in [7, 11) is 0. The number of hydrogen-bond acceptors (Lipinski definition) is 2. The fraction of sp³-hybridized carbons (Fsp3) is 0.647.